The molecule has 8 nitrogen and oxygen atoms in total. The summed E-state index contributed by atoms with van der Waals surface area (Å²) in [4.78, 5) is 37.0. The molecule has 0 fully saturated rings. The van der Waals surface area contributed by atoms with E-state index >= 15 is 0 Å². The van der Waals surface area contributed by atoms with Crippen molar-refractivity contribution < 1.29 is 37.7 Å². The average molecular weight is 482 g/mol. The van der Waals surface area contributed by atoms with Gasteiger partial charge in [0.25, 0.3) is 0 Å². The Morgan fingerprint density at radius 1 is 1.18 bits per heavy atom. The highest BCUT2D eigenvalue weighted by Gasteiger charge is 2.40. The molecule has 1 aromatic rings. The molecule has 0 heterocycles. The number of rotatable bonds is 8. The molecular formula is C26H43NO7. The van der Waals surface area contributed by atoms with Crippen LogP contribution in [0.5, 0.6) is 5.75 Å². The summed E-state index contributed by atoms with van der Waals surface area (Å²) in [6.45, 7) is 3.57. The standard InChI is InChI=1S/C24H30O6.C2H7N.H2O.2H2/c1-3-4-8-30-21-7-5-6-16-9-15(11-19(27)23(16)21)10-17-12-20(28)22(14(2)26)24(29)18(17)13-25;1-3-2;;;/h5-7,15,17-18,25,29H,3-4,8-13H2,1-2H3;3H,1-2H3;1H2;2*1H. The van der Waals surface area contributed by atoms with Crippen LogP contribution in [-0.2, 0) is 16.0 Å². The van der Waals surface area contributed by atoms with Gasteiger partial charge < -0.3 is 25.7 Å². The third-order valence-electron chi connectivity index (χ3n) is 6.22. The fourth-order valence-electron chi connectivity index (χ4n) is 4.75. The van der Waals surface area contributed by atoms with Crippen molar-refractivity contribution in [3.63, 3.8) is 0 Å². The number of hydrogen-bond acceptors (Lipinski definition) is 7. The SMILES string of the molecule is CCCCOc1cccc2c1C(=O)CC(CC1CC(=O)C(C(C)=O)=C(O)C1CO)C2.CNC.O.[HH].[HH]. The molecule has 0 aliphatic heterocycles. The van der Waals surface area contributed by atoms with Crippen molar-refractivity contribution in [2.75, 3.05) is 27.3 Å². The van der Waals surface area contributed by atoms with Crippen molar-refractivity contribution in [3.05, 3.63) is 40.7 Å². The summed E-state index contributed by atoms with van der Waals surface area (Å²) in [5, 5.41) is 23.0. The van der Waals surface area contributed by atoms with E-state index in [0.717, 1.165) is 18.4 Å². The Hall–Kier alpha value is -2.55. The van der Waals surface area contributed by atoms with E-state index in [4.69, 9.17) is 4.74 Å². The van der Waals surface area contributed by atoms with Crippen molar-refractivity contribution in [2.45, 2.75) is 52.4 Å². The van der Waals surface area contributed by atoms with Gasteiger partial charge in [0.2, 0.25) is 0 Å². The van der Waals surface area contributed by atoms with Crippen molar-refractivity contribution in [1.29, 1.82) is 0 Å². The van der Waals surface area contributed by atoms with Crippen LogP contribution in [0.3, 0.4) is 0 Å². The van der Waals surface area contributed by atoms with Crippen molar-refractivity contribution in [1.82, 2.24) is 5.32 Å². The molecule has 34 heavy (non-hydrogen) atoms. The number of carbonyl (C=O) groups excluding carboxylic acids is 3. The molecule has 0 spiro atoms. The number of hydrogen-bond donors (Lipinski definition) is 3. The van der Waals surface area contributed by atoms with Gasteiger partial charge in [0, 0.05) is 21.6 Å². The van der Waals surface area contributed by atoms with Crippen LogP contribution in [0, 0.1) is 17.8 Å². The average Bonchev–Trinajstić information content (AvgIpc) is 2.74. The Balaban J connectivity index is 0. The summed E-state index contributed by atoms with van der Waals surface area (Å²) in [5.41, 5.74) is 1.41. The molecule has 3 rings (SSSR count). The molecule has 0 saturated heterocycles. The van der Waals surface area contributed by atoms with E-state index in [0.29, 0.717) is 37.2 Å². The van der Waals surface area contributed by atoms with E-state index in [2.05, 4.69) is 12.2 Å². The first-order valence-corrected chi connectivity index (χ1v) is 11.7. The smallest absolute Gasteiger partial charge is 0.170 e. The Kier molecular flexibility index (Phi) is 12.1. The number of unbranched alkanes of at least 4 members (excludes halogenated alkanes) is 1. The highest BCUT2D eigenvalue weighted by atomic mass is 16.5. The van der Waals surface area contributed by atoms with Gasteiger partial charge in [-0.3, -0.25) is 14.4 Å². The molecule has 2 aliphatic rings. The lowest BCUT2D eigenvalue weighted by atomic mass is 9.70. The van der Waals surface area contributed by atoms with E-state index in [-0.39, 0.29) is 56.1 Å². The number of Topliss-reactive ketones (excluding diaryl/α,β-unsaturated/α-hetero) is 3. The predicted molar refractivity (Wildman–Crippen MR) is 134 cm³/mol. The van der Waals surface area contributed by atoms with Crippen molar-refractivity contribution in [2.24, 2.45) is 17.8 Å². The molecule has 2 aliphatic carbocycles. The molecule has 5 N–H and O–H groups in total. The van der Waals surface area contributed by atoms with Gasteiger partial charge in [0.15, 0.2) is 17.3 Å². The van der Waals surface area contributed by atoms with Gasteiger partial charge in [-0.2, -0.15) is 0 Å². The second-order valence-corrected chi connectivity index (χ2v) is 8.92. The molecule has 3 unspecified atom stereocenters. The van der Waals surface area contributed by atoms with Gasteiger partial charge >= 0.3 is 0 Å². The summed E-state index contributed by atoms with van der Waals surface area (Å²) >= 11 is 0. The Labute approximate surface area is 204 Å². The zero-order chi connectivity index (χ0) is 24.5. The molecule has 0 saturated carbocycles. The number of fused-ring (bicyclic) bond motifs is 1. The number of aliphatic hydroxyl groups excluding tert-OH is 2. The Bertz CT molecular complexity index is 904. The number of ketones is 3. The minimum absolute atomic E-state index is 0. The van der Waals surface area contributed by atoms with Gasteiger partial charge in [-0.05, 0) is 63.7 Å². The van der Waals surface area contributed by atoms with E-state index in [1.807, 2.05) is 32.3 Å². The maximum Gasteiger partial charge on any atom is 0.170 e. The van der Waals surface area contributed by atoms with E-state index in [1.54, 1.807) is 0 Å². The highest BCUT2D eigenvalue weighted by Crippen LogP contribution is 2.40. The molecular weight excluding hydrogens is 438 g/mol. The van der Waals surface area contributed by atoms with Crippen LogP contribution in [0.15, 0.2) is 29.5 Å². The monoisotopic (exact) mass is 481 g/mol. The fraction of sp³-hybridized carbons (Fsp3) is 0.577. The zero-order valence-corrected chi connectivity index (χ0v) is 20.6. The topological polar surface area (TPSA) is 144 Å². The van der Waals surface area contributed by atoms with E-state index in [9.17, 15) is 24.6 Å². The van der Waals surface area contributed by atoms with Crippen LogP contribution in [0.2, 0.25) is 0 Å². The highest BCUT2D eigenvalue weighted by molar-refractivity contribution is 6.20. The van der Waals surface area contributed by atoms with Gasteiger partial charge in [-0.25, -0.2) is 0 Å². The van der Waals surface area contributed by atoms with Gasteiger partial charge in [-0.15, -0.1) is 0 Å². The maximum absolute atomic E-state index is 12.9. The first-order valence-electron chi connectivity index (χ1n) is 11.7. The molecule has 0 amide bonds. The van der Waals surface area contributed by atoms with E-state index in [1.165, 1.54) is 6.92 Å². The van der Waals surface area contributed by atoms with Crippen LogP contribution in [0.25, 0.3) is 0 Å². The van der Waals surface area contributed by atoms with Crippen LogP contribution < -0.4 is 10.1 Å². The van der Waals surface area contributed by atoms with Gasteiger partial charge in [0.1, 0.15) is 11.5 Å². The van der Waals surface area contributed by atoms with Crippen LogP contribution in [0.1, 0.15) is 64.7 Å². The fourth-order valence-corrected chi connectivity index (χ4v) is 4.75. The number of ether oxygens (including phenoxy) is 1. The summed E-state index contributed by atoms with van der Waals surface area (Å²) in [6.07, 6.45) is 3.59. The quantitative estimate of drug-likeness (QED) is 0.382. The Morgan fingerprint density at radius 3 is 2.44 bits per heavy atom. The van der Waals surface area contributed by atoms with Gasteiger partial charge in [-0.1, -0.05) is 25.5 Å². The molecule has 0 aromatic heterocycles. The molecule has 0 bridgehead atoms. The normalized spacial score (nSPS) is 21.7. The first-order chi connectivity index (χ1) is 15.8. The molecule has 1 aromatic carbocycles. The maximum atomic E-state index is 12.9. The van der Waals surface area contributed by atoms with Crippen molar-refractivity contribution >= 4 is 17.3 Å². The summed E-state index contributed by atoms with van der Waals surface area (Å²) in [5.74, 6) is -1.45. The number of allylic oxidation sites excluding steroid dienone is 1. The summed E-state index contributed by atoms with van der Waals surface area (Å²) < 4.78 is 5.83. The minimum Gasteiger partial charge on any atom is -0.511 e. The Morgan fingerprint density at radius 2 is 1.85 bits per heavy atom. The number of nitrogens with one attached hydrogen (secondary N) is 1. The van der Waals surface area contributed by atoms with Crippen LogP contribution >= 0.6 is 0 Å². The number of carbonyl (C=O) groups is 3. The predicted octanol–water partition coefficient (Wildman–Crippen LogP) is 3.10. The zero-order valence-electron chi connectivity index (χ0n) is 20.6. The third kappa shape index (κ3) is 6.98. The van der Waals surface area contributed by atoms with Crippen molar-refractivity contribution in [3.8, 4) is 5.75 Å². The molecule has 8 heteroatoms. The van der Waals surface area contributed by atoms with Crippen LogP contribution in [0.4, 0.5) is 0 Å². The third-order valence-corrected chi connectivity index (χ3v) is 6.22. The molecule has 194 valence electrons. The summed E-state index contributed by atoms with van der Waals surface area (Å²) in [7, 11) is 3.75. The lowest BCUT2D eigenvalue weighted by Crippen LogP contribution is -2.35. The van der Waals surface area contributed by atoms with Crippen LogP contribution in [-0.4, -0.2) is 60.3 Å². The molecule has 0 radical (unpaired) electrons. The lowest BCUT2D eigenvalue weighted by molar-refractivity contribution is -0.123. The van der Waals surface area contributed by atoms with Gasteiger partial charge in [0.05, 0.1) is 24.4 Å². The largest absolute Gasteiger partial charge is 0.511 e. The second-order valence-electron chi connectivity index (χ2n) is 8.92. The lowest BCUT2D eigenvalue weighted by Gasteiger charge is -2.34. The second kappa shape index (κ2) is 14.0. The summed E-state index contributed by atoms with van der Waals surface area (Å²) in [6, 6.07) is 5.66. The number of benzene rings is 1. The number of aliphatic hydroxyl groups is 2. The minimum atomic E-state index is -0.651. The first kappa shape index (κ1) is 29.5. The van der Waals surface area contributed by atoms with E-state index < -0.39 is 11.7 Å². The molecule has 3 atom stereocenters.